The number of aromatic nitrogens is 2. The van der Waals surface area contributed by atoms with Crippen molar-refractivity contribution in [2.45, 2.75) is 62.9 Å². The van der Waals surface area contributed by atoms with Crippen LogP contribution in [0.1, 0.15) is 44.7 Å². The van der Waals surface area contributed by atoms with Gasteiger partial charge in [-0.1, -0.05) is 0 Å². The number of halogens is 3. The van der Waals surface area contributed by atoms with Gasteiger partial charge in [0.25, 0.3) is 0 Å². The first-order chi connectivity index (χ1) is 14.1. The number of alkyl halides is 3. The van der Waals surface area contributed by atoms with Crippen LogP contribution in [0.4, 0.5) is 19.0 Å². The molecule has 1 aromatic heterocycles. The number of carbonyl (C=O) groups excluding carboxylic acids is 1. The van der Waals surface area contributed by atoms with Gasteiger partial charge in [-0.2, -0.15) is 13.2 Å². The van der Waals surface area contributed by atoms with E-state index in [-0.39, 0.29) is 18.0 Å². The maximum Gasteiger partial charge on any atom is 0.433 e. The van der Waals surface area contributed by atoms with Gasteiger partial charge in [0.05, 0.1) is 12.1 Å². The SMILES string of the molecule is CC(=O)N1CCC(O)(CN2CCC(N(c3cc(C(F)(F)F)ncn3)C3CC3)CC2)C1. The Morgan fingerprint density at radius 2 is 1.87 bits per heavy atom. The Morgan fingerprint density at radius 1 is 1.20 bits per heavy atom. The number of carbonyl (C=O) groups is 1. The molecular weight excluding hydrogens is 399 g/mol. The minimum Gasteiger partial charge on any atom is -0.387 e. The summed E-state index contributed by atoms with van der Waals surface area (Å²) < 4.78 is 39.3. The van der Waals surface area contributed by atoms with Crippen molar-refractivity contribution in [3.05, 3.63) is 18.1 Å². The van der Waals surface area contributed by atoms with Gasteiger partial charge in [0.1, 0.15) is 17.8 Å². The molecule has 0 spiro atoms. The molecule has 2 saturated heterocycles. The van der Waals surface area contributed by atoms with Gasteiger partial charge in [0, 0.05) is 51.3 Å². The topological polar surface area (TPSA) is 72.8 Å². The summed E-state index contributed by atoms with van der Waals surface area (Å²) in [5, 5.41) is 10.9. The van der Waals surface area contributed by atoms with Gasteiger partial charge in [0.2, 0.25) is 5.91 Å². The Balaban J connectivity index is 1.38. The highest BCUT2D eigenvalue weighted by Gasteiger charge is 2.41. The second-order valence-electron chi connectivity index (χ2n) is 8.82. The van der Waals surface area contributed by atoms with E-state index in [2.05, 4.69) is 19.8 Å². The molecule has 1 N–H and O–H groups in total. The molecule has 0 radical (unpaired) electrons. The lowest BCUT2D eigenvalue weighted by molar-refractivity contribution is -0.141. The van der Waals surface area contributed by atoms with Crippen LogP contribution in [0.25, 0.3) is 0 Å². The van der Waals surface area contributed by atoms with E-state index in [1.807, 2.05) is 0 Å². The fraction of sp³-hybridized carbons (Fsp3) is 0.750. The standard InChI is InChI=1S/C20H28F3N5O2/c1-14(29)27-9-6-19(30,12-27)11-26-7-4-16(5-8-26)28(15-2-3-15)18-10-17(20(21,22)23)24-13-25-18/h10,13,15-16,30H,2-9,11-12H2,1H3. The van der Waals surface area contributed by atoms with Crippen LogP contribution in [0.2, 0.25) is 0 Å². The Labute approximate surface area is 173 Å². The van der Waals surface area contributed by atoms with Crippen molar-refractivity contribution in [1.82, 2.24) is 19.8 Å². The van der Waals surface area contributed by atoms with Crippen molar-refractivity contribution in [1.29, 1.82) is 0 Å². The van der Waals surface area contributed by atoms with Crippen molar-refractivity contribution < 1.29 is 23.1 Å². The molecule has 1 atom stereocenters. The van der Waals surface area contributed by atoms with Crippen molar-refractivity contribution >= 4 is 11.7 Å². The lowest BCUT2D eigenvalue weighted by Crippen LogP contribution is -2.51. The summed E-state index contributed by atoms with van der Waals surface area (Å²) in [6, 6.07) is 1.42. The van der Waals surface area contributed by atoms with Crippen LogP contribution >= 0.6 is 0 Å². The molecule has 0 aromatic carbocycles. The van der Waals surface area contributed by atoms with Crippen molar-refractivity contribution in [2.24, 2.45) is 0 Å². The molecule has 4 rings (SSSR count). The number of hydrogen-bond donors (Lipinski definition) is 1. The van der Waals surface area contributed by atoms with Crippen molar-refractivity contribution in [2.75, 3.05) is 37.6 Å². The maximum atomic E-state index is 13.1. The van der Waals surface area contributed by atoms with Crippen molar-refractivity contribution in [3.8, 4) is 0 Å². The number of rotatable bonds is 5. The van der Waals surface area contributed by atoms with Crippen LogP contribution in [0, 0.1) is 0 Å². The molecule has 1 aromatic rings. The molecule has 1 aliphatic carbocycles. The lowest BCUT2D eigenvalue weighted by Gasteiger charge is -2.41. The summed E-state index contributed by atoms with van der Waals surface area (Å²) in [5.74, 6) is 0.331. The van der Waals surface area contributed by atoms with E-state index in [1.54, 1.807) is 4.90 Å². The normalized spacial score (nSPS) is 26.2. The molecular formula is C20H28F3N5O2. The fourth-order valence-electron chi connectivity index (χ4n) is 4.69. The van der Waals surface area contributed by atoms with E-state index in [1.165, 1.54) is 6.92 Å². The first-order valence-electron chi connectivity index (χ1n) is 10.5. The van der Waals surface area contributed by atoms with E-state index >= 15 is 0 Å². The first kappa shape index (κ1) is 21.3. The van der Waals surface area contributed by atoms with E-state index in [0.29, 0.717) is 31.9 Å². The van der Waals surface area contributed by atoms with Crippen LogP contribution in [0.5, 0.6) is 0 Å². The zero-order chi connectivity index (χ0) is 21.5. The van der Waals surface area contributed by atoms with Gasteiger partial charge < -0.3 is 19.8 Å². The molecule has 3 fully saturated rings. The largest absolute Gasteiger partial charge is 0.433 e. The summed E-state index contributed by atoms with van der Waals surface area (Å²) >= 11 is 0. The Morgan fingerprint density at radius 3 is 2.43 bits per heavy atom. The van der Waals surface area contributed by atoms with Gasteiger partial charge in [-0.05, 0) is 32.1 Å². The average molecular weight is 427 g/mol. The van der Waals surface area contributed by atoms with Crippen LogP contribution < -0.4 is 4.90 Å². The molecule has 2 aliphatic heterocycles. The molecule has 3 heterocycles. The van der Waals surface area contributed by atoms with Crippen LogP contribution in [-0.4, -0.2) is 81.2 Å². The average Bonchev–Trinajstić information content (AvgIpc) is 3.44. The highest BCUT2D eigenvalue weighted by atomic mass is 19.4. The zero-order valence-electron chi connectivity index (χ0n) is 17.1. The fourth-order valence-corrected chi connectivity index (χ4v) is 4.69. The number of β-amino-alcohol motifs (C(OH)–C–C–N with tert-alkyl or cyclic N) is 1. The number of nitrogens with zero attached hydrogens (tertiary/aromatic N) is 5. The molecule has 3 aliphatic rings. The molecule has 166 valence electrons. The molecule has 30 heavy (non-hydrogen) atoms. The van der Waals surface area contributed by atoms with Crippen LogP contribution in [0.15, 0.2) is 12.4 Å². The Hall–Kier alpha value is -1.94. The molecule has 1 saturated carbocycles. The highest BCUT2D eigenvalue weighted by molar-refractivity contribution is 5.73. The van der Waals surface area contributed by atoms with Gasteiger partial charge >= 0.3 is 6.18 Å². The third-order valence-electron chi connectivity index (χ3n) is 6.39. The summed E-state index contributed by atoms with van der Waals surface area (Å²) in [5.41, 5.74) is -1.79. The molecule has 0 bridgehead atoms. The van der Waals surface area contributed by atoms with Crippen LogP contribution in [0.3, 0.4) is 0 Å². The summed E-state index contributed by atoms with van der Waals surface area (Å²) in [4.78, 5) is 25.0. The predicted octanol–water partition coefficient (Wildman–Crippen LogP) is 1.91. The summed E-state index contributed by atoms with van der Waals surface area (Å²) in [7, 11) is 0. The lowest BCUT2D eigenvalue weighted by atomic mass is 9.98. The third kappa shape index (κ3) is 4.69. The minimum absolute atomic E-state index is 0.0206. The minimum atomic E-state index is -4.49. The summed E-state index contributed by atoms with van der Waals surface area (Å²) in [6.45, 7) is 4.48. The first-order valence-corrected chi connectivity index (χ1v) is 10.5. The second kappa shape index (κ2) is 7.96. The quantitative estimate of drug-likeness (QED) is 0.774. The number of piperidine rings is 1. The monoisotopic (exact) mass is 427 g/mol. The van der Waals surface area contributed by atoms with Gasteiger partial charge in [-0.3, -0.25) is 4.79 Å². The molecule has 10 heteroatoms. The third-order valence-corrected chi connectivity index (χ3v) is 6.39. The number of anilines is 1. The predicted molar refractivity (Wildman–Crippen MR) is 104 cm³/mol. The highest BCUT2D eigenvalue weighted by Crippen LogP contribution is 2.37. The van der Waals surface area contributed by atoms with E-state index in [4.69, 9.17) is 0 Å². The smallest absolute Gasteiger partial charge is 0.387 e. The van der Waals surface area contributed by atoms with Gasteiger partial charge in [0.15, 0.2) is 0 Å². The zero-order valence-corrected chi connectivity index (χ0v) is 17.1. The Kier molecular flexibility index (Phi) is 5.65. The van der Waals surface area contributed by atoms with Crippen LogP contribution in [-0.2, 0) is 11.0 Å². The second-order valence-corrected chi connectivity index (χ2v) is 8.82. The van der Waals surface area contributed by atoms with Crippen molar-refractivity contribution in [3.63, 3.8) is 0 Å². The van der Waals surface area contributed by atoms with Gasteiger partial charge in [-0.15, -0.1) is 0 Å². The van der Waals surface area contributed by atoms with E-state index < -0.39 is 17.5 Å². The van der Waals surface area contributed by atoms with E-state index in [0.717, 1.165) is 51.2 Å². The number of likely N-dealkylation sites (tertiary alicyclic amines) is 2. The number of aliphatic hydroxyl groups is 1. The molecule has 7 nitrogen and oxygen atoms in total. The molecule has 1 amide bonds. The molecule has 1 unspecified atom stereocenters. The number of amides is 1. The maximum absolute atomic E-state index is 13.1. The number of hydrogen-bond acceptors (Lipinski definition) is 6. The van der Waals surface area contributed by atoms with Gasteiger partial charge in [-0.25, -0.2) is 9.97 Å². The Bertz CT molecular complexity index is 780. The van der Waals surface area contributed by atoms with E-state index in [9.17, 15) is 23.1 Å². The summed E-state index contributed by atoms with van der Waals surface area (Å²) in [6.07, 6.45) is 0.614.